The van der Waals surface area contributed by atoms with Crippen molar-refractivity contribution in [3.63, 3.8) is 0 Å². The highest BCUT2D eigenvalue weighted by molar-refractivity contribution is 6.32. The molecule has 0 saturated heterocycles. The van der Waals surface area contributed by atoms with Crippen molar-refractivity contribution in [1.82, 2.24) is 5.32 Å². The summed E-state index contributed by atoms with van der Waals surface area (Å²) in [7, 11) is 0. The number of unbranched alkanes of at least 4 members (excludes halogenated alkanes) is 1. The zero-order valence-corrected chi connectivity index (χ0v) is 14.0. The van der Waals surface area contributed by atoms with Crippen LogP contribution in [-0.2, 0) is 0 Å². The third kappa shape index (κ3) is 5.96. The van der Waals surface area contributed by atoms with Crippen molar-refractivity contribution >= 4 is 17.5 Å². The van der Waals surface area contributed by atoms with Gasteiger partial charge >= 0.3 is 0 Å². The van der Waals surface area contributed by atoms with E-state index in [0.717, 1.165) is 19.4 Å². The van der Waals surface area contributed by atoms with Crippen molar-refractivity contribution in [3.8, 4) is 5.75 Å². The molecule has 1 atom stereocenters. The molecule has 1 N–H and O–H groups in total. The van der Waals surface area contributed by atoms with Crippen molar-refractivity contribution < 1.29 is 9.53 Å². The Morgan fingerprint density at radius 1 is 1.33 bits per heavy atom. The molecule has 1 unspecified atom stereocenters. The maximum Gasteiger partial charge on any atom is 0.251 e. The number of benzene rings is 1. The second-order valence-corrected chi connectivity index (χ2v) is 5.61. The minimum atomic E-state index is -0.0742. The van der Waals surface area contributed by atoms with Crippen LogP contribution in [0.15, 0.2) is 18.2 Å². The van der Waals surface area contributed by atoms with Crippen LogP contribution in [0.5, 0.6) is 5.75 Å². The van der Waals surface area contributed by atoms with E-state index in [4.69, 9.17) is 16.3 Å². The molecule has 21 heavy (non-hydrogen) atoms. The predicted octanol–water partition coefficient (Wildman–Crippen LogP) is 4.68. The van der Waals surface area contributed by atoms with E-state index in [1.807, 2.05) is 6.92 Å². The van der Waals surface area contributed by atoms with Crippen LogP contribution < -0.4 is 10.1 Å². The highest BCUT2D eigenvalue weighted by atomic mass is 35.5. The van der Waals surface area contributed by atoms with Crippen LogP contribution in [0.4, 0.5) is 0 Å². The number of carbonyl (C=O) groups is 1. The monoisotopic (exact) mass is 311 g/mol. The molecule has 0 spiro atoms. The summed E-state index contributed by atoms with van der Waals surface area (Å²) in [5.74, 6) is 1.09. The summed E-state index contributed by atoms with van der Waals surface area (Å²) in [4.78, 5) is 12.1. The van der Waals surface area contributed by atoms with Crippen molar-refractivity contribution in [2.24, 2.45) is 5.92 Å². The summed E-state index contributed by atoms with van der Waals surface area (Å²) < 4.78 is 5.37. The van der Waals surface area contributed by atoms with Crippen LogP contribution in [0.3, 0.4) is 0 Å². The number of nitrogens with one attached hydrogen (secondary N) is 1. The highest BCUT2D eigenvalue weighted by Crippen LogP contribution is 2.25. The van der Waals surface area contributed by atoms with E-state index in [1.165, 1.54) is 12.8 Å². The summed E-state index contributed by atoms with van der Waals surface area (Å²) in [5, 5.41) is 3.47. The normalized spacial score (nSPS) is 12.0. The van der Waals surface area contributed by atoms with Gasteiger partial charge in [-0.3, -0.25) is 4.79 Å². The molecular weight excluding hydrogens is 286 g/mol. The number of amides is 1. The molecule has 0 aromatic heterocycles. The minimum Gasteiger partial charge on any atom is -0.492 e. The largest absolute Gasteiger partial charge is 0.492 e. The molecule has 0 aliphatic heterocycles. The maximum atomic E-state index is 12.1. The molecule has 0 saturated carbocycles. The topological polar surface area (TPSA) is 38.3 Å². The molecule has 0 aliphatic carbocycles. The number of ether oxygens (including phenoxy) is 1. The summed E-state index contributed by atoms with van der Waals surface area (Å²) in [6.07, 6.45) is 4.66. The van der Waals surface area contributed by atoms with E-state index in [1.54, 1.807) is 18.2 Å². The summed E-state index contributed by atoms with van der Waals surface area (Å²) in [5.41, 5.74) is 0.578. The Morgan fingerprint density at radius 2 is 2.10 bits per heavy atom. The fraction of sp³-hybridized carbons (Fsp3) is 0.588. The molecule has 0 heterocycles. The zero-order chi connectivity index (χ0) is 15.7. The lowest BCUT2D eigenvalue weighted by Crippen LogP contribution is -2.29. The van der Waals surface area contributed by atoms with E-state index in [2.05, 4.69) is 19.2 Å². The summed E-state index contributed by atoms with van der Waals surface area (Å²) >= 11 is 6.11. The third-order valence-electron chi connectivity index (χ3n) is 3.59. The first kappa shape index (κ1) is 17.8. The molecule has 4 heteroatoms. The average Bonchev–Trinajstić information content (AvgIpc) is 2.49. The molecular formula is C17H26ClNO2. The molecule has 0 aliphatic rings. The lowest BCUT2D eigenvalue weighted by Gasteiger charge is -2.15. The molecule has 0 radical (unpaired) electrons. The first-order valence-corrected chi connectivity index (χ1v) is 8.20. The fourth-order valence-electron chi connectivity index (χ4n) is 2.20. The maximum absolute atomic E-state index is 12.1. The Balaban J connectivity index is 2.57. The average molecular weight is 312 g/mol. The van der Waals surface area contributed by atoms with Gasteiger partial charge in [0, 0.05) is 12.1 Å². The highest BCUT2D eigenvalue weighted by Gasteiger charge is 2.12. The van der Waals surface area contributed by atoms with Gasteiger partial charge in [-0.05, 0) is 37.5 Å². The van der Waals surface area contributed by atoms with E-state index in [-0.39, 0.29) is 5.91 Å². The van der Waals surface area contributed by atoms with Crippen LogP contribution in [0.25, 0.3) is 0 Å². The predicted molar refractivity (Wildman–Crippen MR) is 88.3 cm³/mol. The fourth-order valence-corrected chi connectivity index (χ4v) is 2.43. The van der Waals surface area contributed by atoms with E-state index < -0.39 is 0 Å². The van der Waals surface area contributed by atoms with Gasteiger partial charge in [0.1, 0.15) is 5.75 Å². The minimum absolute atomic E-state index is 0.0742. The SMILES string of the molecule is CCCCC(CC)CNC(=O)c1ccc(OCC)c(Cl)c1. The van der Waals surface area contributed by atoms with Crippen molar-refractivity contribution in [2.45, 2.75) is 46.5 Å². The van der Waals surface area contributed by atoms with Crippen LogP contribution in [0.2, 0.25) is 5.02 Å². The van der Waals surface area contributed by atoms with Gasteiger partial charge in [0.15, 0.2) is 0 Å². The van der Waals surface area contributed by atoms with Crippen LogP contribution in [-0.4, -0.2) is 19.1 Å². The smallest absolute Gasteiger partial charge is 0.251 e. The van der Waals surface area contributed by atoms with Gasteiger partial charge < -0.3 is 10.1 Å². The second-order valence-electron chi connectivity index (χ2n) is 5.20. The molecule has 1 amide bonds. The second kappa shape index (κ2) is 9.67. The number of carbonyl (C=O) groups excluding carboxylic acids is 1. The number of rotatable bonds is 9. The molecule has 1 rings (SSSR count). The first-order chi connectivity index (χ1) is 10.1. The van der Waals surface area contributed by atoms with Gasteiger partial charge in [0.05, 0.1) is 11.6 Å². The number of hydrogen-bond donors (Lipinski definition) is 1. The van der Waals surface area contributed by atoms with E-state index >= 15 is 0 Å². The van der Waals surface area contributed by atoms with Gasteiger partial charge in [0.25, 0.3) is 5.91 Å². The van der Waals surface area contributed by atoms with Crippen LogP contribution in [0, 0.1) is 5.92 Å². The van der Waals surface area contributed by atoms with Crippen molar-refractivity contribution in [3.05, 3.63) is 28.8 Å². The van der Waals surface area contributed by atoms with Gasteiger partial charge in [0.2, 0.25) is 0 Å². The van der Waals surface area contributed by atoms with Crippen LogP contribution >= 0.6 is 11.6 Å². The first-order valence-electron chi connectivity index (χ1n) is 7.82. The lowest BCUT2D eigenvalue weighted by molar-refractivity contribution is 0.0946. The Hall–Kier alpha value is -1.22. The Morgan fingerprint density at radius 3 is 2.67 bits per heavy atom. The Bertz CT molecular complexity index is 448. The lowest BCUT2D eigenvalue weighted by atomic mass is 9.99. The van der Waals surface area contributed by atoms with Crippen LogP contribution in [0.1, 0.15) is 56.8 Å². The van der Waals surface area contributed by atoms with Crippen molar-refractivity contribution in [1.29, 1.82) is 0 Å². The molecule has 118 valence electrons. The van der Waals surface area contributed by atoms with Gasteiger partial charge in [-0.25, -0.2) is 0 Å². The Labute approximate surface area is 133 Å². The molecule has 1 aromatic rings. The molecule has 0 bridgehead atoms. The standard InChI is InChI=1S/C17H26ClNO2/c1-4-7-8-13(5-2)12-19-17(20)14-9-10-16(21-6-3)15(18)11-14/h9-11,13H,4-8,12H2,1-3H3,(H,19,20). The third-order valence-corrected chi connectivity index (χ3v) is 3.88. The Kier molecular flexibility index (Phi) is 8.21. The molecule has 3 nitrogen and oxygen atoms in total. The summed E-state index contributed by atoms with van der Waals surface area (Å²) in [6.45, 7) is 7.53. The van der Waals surface area contributed by atoms with Gasteiger partial charge in [-0.15, -0.1) is 0 Å². The van der Waals surface area contributed by atoms with Gasteiger partial charge in [-0.2, -0.15) is 0 Å². The van der Waals surface area contributed by atoms with E-state index in [9.17, 15) is 4.79 Å². The summed E-state index contributed by atoms with van der Waals surface area (Å²) in [6, 6.07) is 5.16. The van der Waals surface area contributed by atoms with E-state index in [0.29, 0.717) is 28.9 Å². The number of halogens is 1. The number of hydrogen-bond acceptors (Lipinski definition) is 2. The quantitative estimate of drug-likeness (QED) is 0.718. The van der Waals surface area contributed by atoms with Gasteiger partial charge in [-0.1, -0.05) is 44.7 Å². The molecule has 1 aromatic carbocycles. The zero-order valence-electron chi connectivity index (χ0n) is 13.2. The molecule has 0 fully saturated rings. The van der Waals surface area contributed by atoms with Crippen molar-refractivity contribution in [2.75, 3.05) is 13.2 Å².